The van der Waals surface area contributed by atoms with E-state index in [1.165, 1.54) is 0 Å². The van der Waals surface area contributed by atoms with Crippen LogP contribution < -0.4 is 0 Å². The van der Waals surface area contributed by atoms with E-state index in [4.69, 9.17) is 10.00 Å². The van der Waals surface area contributed by atoms with Gasteiger partial charge < -0.3 is 4.74 Å². The summed E-state index contributed by atoms with van der Waals surface area (Å²) < 4.78 is 6.60. The Kier molecular flexibility index (Phi) is 4.89. The summed E-state index contributed by atoms with van der Waals surface area (Å²) in [5, 5.41) is 17.1. The number of rotatable bonds is 5. The molecular weight excluding hydrogens is 280 g/mol. The average molecular weight is 298 g/mol. The van der Waals surface area contributed by atoms with Crippen LogP contribution in [-0.4, -0.2) is 27.6 Å². The van der Waals surface area contributed by atoms with Gasteiger partial charge in [-0.3, -0.25) is 0 Å². The summed E-state index contributed by atoms with van der Waals surface area (Å²) in [4.78, 5) is 11.7. The summed E-state index contributed by atoms with van der Waals surface area (Å²) in [6.45, 7) is 6.25. The Morgan fingerprint density at radius 2 is 2.05 bits per heavy atom. The summed E-state index contributed by atoms with van der Waals surface area (Å²) in [5.41, 5.74) is 2.36. The normalized spacial score (nSPS) is 10.5. The highest BCUT2D eigenvalue weighted by Crippen LogP contribution is 2.17. The maximum atomic E-state index is 11.7. The van der Waals surface area contributed by atoms with Crippen molar-refractivity contribution < 1.29 is 9.53 Å². The number of nitriles is 1. The second-order valence-corrected chi connectivity index (χ2v) is 5.27. The lowest BCUT2D eigenvalue weighted by atomic mass is 10.1. The molecule has 0 amide bonds. The van der Waals surface area contributed by atoms with Crippen LogP contribution in [0.4, 0.5) is 0 Å². The molecule has 0 fully saturated rings. The minimum Gasteiger partial charge on any atom is -0.462 e. The Hall–Kier alpha value is -2.68. The third kappa shape index (κ3) is 3.31. The molecule has 0 atom stereocenters. The van der Waals surface area contributed by atoms with E-state index in [1.807, 2.05) is 0 Å². The van der Waals surface area contributed by atoms with E-state index in [1.54, 1.807) is 35.9 Å². The molecule has 1 heterocycles. The van der Waals surface area contributed by atoms with E-state index in [9.17, 15) is 4.79 Å². The lowest BCUT2D eigenvalue weighted by Crippen LogP contribution is -2.08. The first-order valence-corrected chi connectivity index (χ1v) is 7.19. The van der Waals surface area contributed by atoms with Gasteiger partial charge in [0.2, 0.25) is 0 Å². The highest BCUT2D eigenvalue weighted by molar-refractivity contribution is 5.89. The molecule has 0 bridgehead atoms. The summed E-state index contributed by atoms with van der Waals surface area (Å²) in [7, 11) is 0. The zero-order valence-electron chi connectivity index (χ0n) is 12.9. The van der Waals surface area contributed by atoms with Crippen LogP contribution in [0.5, 0.6) is 0 Å². The van der Waals surface area contributed by atoms with Crippen molar-refractivity contribution in [1.82, 2.24) is 15.0 Å². The van der Waals surface area contributed by atoms with Crippen molar-refractivity contribution in [3.63, 3.8) is 0 Å². The first kappa shape index (κ1) is 15.7. The lowest BCUT2D eigenvalue weighted by Gasteiger charge is -2.09. The van der Waals surface area contributed by atoms with Crippen LogP contribution in [0, 0.1) is 17.2 Å². The number of benzene rings is 1. The van der Waals surface area contributed by atoms with Crippen LogP contribution in [0.3, 0.4) is 0 Å². The predicted octanol–water partition coefficient (Wildman–Crippen LogP) is 2.51. The van der Waals surface area contributed by atoms with Gasteiger partial charge in [0.05, 0.1) is 23.6 Å². The number of aromatic nitrogens is 3. The summed E-state index contributed by atoms with van der Waals surface area (Å²) in [6.07, 6.45) is 0.704. The second-order valence-electron chi connectivity index (χ2n) is 5.27. The number of carbonyl (C=O) groups excluding carboxylic acids is 1. The smallest absolute Gasteiger partial charge is 0.338 e. The predicted molar refractivity (Wildman–Crippen MR) is 80.6 cm³/mol. The monoisotopic (exact) mass is 298 g/mol. The molecule has 2 rings (SSSR count). The second kappa shape index (κ2) is 6.85. The Balaban J connectivity index is 2.34. The highest BCUT2D eigenvalue weighted by Gasteiger charge is 2.16. The van der Waals surface area contributed by atoms with Crippen molar-refractivity contribution in [2.75, 3.05) is 6.61 Å². The number of ether oxygens (including phenoxy) is 1. The molecule has 0 saturated heterocycles. The molecule has 0 N–H and O–H groups in total. The standard InChI is InChI=1S/C16H18N4O2/c1-4-22-16(21)12-5-7-13(8-6-12)20-15(9-11(2)3)14(10-17)18-19-20/h5-8,11H,4,9H2,1-3H3. The zero-order valence-corrected chi connectivity index (χ0v) is 12.9. The molecule has 6 heteroatoms. The molecule has 0 saturated carbocycles. The van der Waals surface area contributed by atoms with Gasteiger partial charge in [0.1, 0.15) is 6.07 Å². The quantitative estimate of drug-likeness (QED) is 0.792. The van der Waals surface area contributed by atoms with Gasteiger partial charge in [-0.05, 0) is 43.5 Å². The lowest BCUT2D eigenvalue weighted by molar-refractivity contribution is 0.0526. The van der Waals surface area contributed by atoms with Crippen molar-refractivity contribution >= 4 is 5.97 Å². The molecule has 0 aliphatic rings. The number of hydrogen-bond acceptors (Lipinski definition) is 5. The third-order valence-corrected chi connectivity index (χ3v) is 3.09. The first-order valence-electron chi connectivity index (χ1n) is 7.19. The molecule has 1 aromatic heterocycles. The largest absolute Gasteiger partial charge is 0.462 e. The molecule has 22 heavy (non-hydrogen) atoms. The highest BCUT2D eigenvalue weighted by atomic mass is 16.5. The Morgan fingerprint density at radius 3 is 2.59 bits per heavy atom. The fraction of sp³-hybridized carbons (Fsp3) is 0.375. The molecule has 0 aliphatic heterocycles. The Morgan fingerprint density at radius 1 is 1.36 bits per heavy atom. The number of nitrogens with zero attached hydrogens (tertiary/aromatic N) is 4. The van der Waals surface area contributed by atoms with Gasteiger partial charge in [0.15, 0.2) is 5.69 Å². The van der Waals surface area contributed by atoms with E-state index >= 15 is 0 Å². The van der Waals surface area contributed by atoms with Crippen molar-refractivity contribution in [2.24, 2.45) is 5.92 Å². The molecule has 2 aromatic rings. The van der Waals surface area contributed by atoms with E-state index in [0.29, 0.717) is 30.2 Å². The van der Waals surface area contributed by atoms with Crippen LogP contribution >= 0.6 is 0 Å². The van der Waals surface area contributed by atoms with Crippen molar-refractivity contribution in [2.45, 2.75) is 27.2 Å². The SMILES string of the molecule is CCOC(=O)c1ccc(-n2nnc(C#N)c2CC(C)C)cc1. The third-order valence-electron chi connectivity index (χ3n) is 3.09. The van der Waals surface area contributed by atoms with Crippen LogP contribution in [0.1, 0.15) is 42.5 Å². The summed E-state index contributed by atoms with van der Waals surface area (Å²) >= 11 is 0. The Labute approximate surface area is 129 Å². The number of hydrogen-bond donors (Lipinski definition) is 0. The topological polar surface area (TPSA) is 80.8 Å². The Bertz CT molecular complexity index is 696. The number of esters is 1. The van der Waals surface area contributed by atoms with Gasteiger partial charge in [0, 0.05) is 0 Å². The van der Waals surface area contributed by atoms with Gasteiger partial charge in [-0.25, -0.2) is 9.48 Å². The minimum absolute atomic E-state index is 0.336. The van der Waals surface area contributed by atoms with Crippen molar-refractivity contribution in [3.05, 3.63) is 41.2 Å². The number of carbonyl (C=O) groups is 1. The van der Waals surface area contributed by atoms with E-state index in [0.717, 1.165) is 11.4 Å². The van der Waals surface area contributed by atoms with E-state index < -0.39 is 0 Å². The molecule has 0 spiro atoms. The van der Waals surface area contributed by atoms with Crippen molar-refractivity contribution in [1.29, 1.82) is 5.26 Å². The van der Waals surface area contributed by atoms with Crippen LogP contribution in [-0.2, 0) is 11.2 Å². The average Bonchev–Trinajstić information content (AvgIpc) is 2.89. The van der Waals surface area contributed by atoms with Crippen LogP contribution in [0.25, 0.3) is 5.69 Å². The summed E-state index contributed by atoms with van der Waals surface area (Å²) in [6, 6.07) is 8.97. The molecule has 0 radical (unpaired) electrons. The maximum absolute atomic E-state index is 11.7. The van der Waals surface area contributed by atoms with Crippen molar-refractivity contribution in [3.8, 4) is 11.8 Å². The first-order chi connectivity index (χ1) is 10.6. The van der Waals surface area contributed by atoms with Gasteiger partial charge >= 0.3 is 5.97 Å². The minimum atomic E-state index is -0.354. The molecule has 114 valence electrons. The maximum Gasteiger partial charge on any atom is 0.338 e. The summed E-state index contributed by atoms with van der Waals surface area (Å²) in [5.74, 6) is 0.0240. The molecular formula is C16H18N4O2. The van der Waals surface area contributed by atoms with Crippen LogP contribution in [0.2, 0.25) is 0 Å². The molecule has 1 aromatic carbocycles. The van der Waals surface area contributed by atoms with Crippen LogP contribution in [0.15, 0.2) is 24.3 Å². The molecule has 0 unspecified atom stereocenters. The van der Waals surface area contributed by atoms with E-state index in [2.05, 4.69) is 30.2 Å². The van der Waals surface area contributed by atoms with Gasteiger partial charge in [-0.2, -0.15) is 5.26 Å². The molecule has 6 nitrogen and oxygen atoms in total. The zero-order chi connectivity index (χ0) is 16.1. The molecule has 0 aliphatic carbocycles. The fourth-order valence-electron chi connectivity index (χ4n) is 2.12. The fourth-order valence-corrected chi connectivity index (χ4v) is 2.12. The van der Waals surface area contributed by atoms with Gasteiger partial charge in [-0.1, -0.05) is 19.1 Å². The van der Waals surface area contributed by atoms with Gasteiger partial charge in [0.25, 0.3) is 0 Å². The van der Waals surface area contributed by atoms with E-state index in [-0.39, 0.29) is 5.97 Å². The van der Waals surface area contributed by atoms with Gasteiger partial charge in [-0.15, -0.1) is 5.10 Å².